The van der Waals surface area contributed by atoms with Gasteiger partial charge in [-0.05, 0) is 55.2 Å². The maximum atomic E-state index is 13.9. The van der Waals surface area contributed by atoms with Crippen LogP contribution < -0.4 is 10.2 Å². The fourth-order valence-corrected chi connectivity index (χ4v) is 5.00. The molecule has 1 fully saturated rings. The monoisotopic (exact) mass is 479 g/mol. The summed E-state index contributed by atoms with van der Waals surface area (Å²) in [7, 11) is 0. The molecule has 2 aromatic carbocycles. The third-order valence-corrected chi connectivity index (χ3v) is 6.81. The maximum absolute atomic E-state index is 13.9. The number of hydrogen-bond acceptors (Lipinski definition) is 5. The molecule has 1 saturated heterocycles. The van der Waals surface area contributed by atoms with Crippen LogP contribution in [0.5, 0.6) is 5.75 Å². The number of carbonyl (C=O) groups excluding carboxylic acids is 1. The lowest BCUT2D eigenvalue weighted by atomic mass is 9.98. The fourth-order valence-electron chi connectivity index (χ4n) is 5.00. The standard InChI is InChI=1S/C28H30FNO5/c1-2-3-4-5-14-33-20-11-8-18(9-12-20)25-24-26(31)22-16-19(29)10-13-23(22)35-27(24)28(32)30(25)17-21-7-6-15-34-21/h8-13,16,21,25H,2-7,14-15,17H2,1H3. The number of benzene rings is 2. The Morgan fingerprint density at radius 2 is 1.91 bits per heavy atom. The van der Waals surface area contributed by atoms with E-state index < -0.39 is 11.9 Å². The smallest absolute Gasteiger partial charge is 0.291 e. The van der Waals surface area contributed by atoms with Gasteiger partial charge in [-0.25, -0.2) is 4.39 Å². The van der Waals surface area contributed by atoms with Gasteiger partial charge in [0, 0.05) is 13.2 Å². The number of nitrogens with zero attached hydrogens (tertiary/aromatic N) is 1. The average Bonchev–Trinajstić information content (AvgIpc) is 3.47. The van der Waals surface area contributed by atoms with E-state index in [2.05, 4.69) is 6.92 Å². The van der Waals surface area contributed by atoms with Crippen LogP contribution in [0, 0.1) is 5.82 Å². The molecule has 1 aromatic heterocycles. The van der Waals surface area contributed by atoms with Gasteiger partial charge in [0.1, 0.15) is 17.1 Å². The van der Waals surface area contributed by atoms with Crippen LogP contribution in [-0.4, -0.2) is 36.7 Å². The van der Waals surface area contributed by atoms with Gasteiger partial charge in [-0.2, -0.15) is 0 Å². The van der Waals surface area contributed by atoms with Crippen molar-refractivity contribution < 1.29 is 23.1 Å². The molecule has 3 aromatic rings. The van der Waals surface area contributed by atoms with E-state index in [1.165, 1.54) is 31.0 Å². The zero-order valence-corrected chi connectivity index (χ0v) is 19.9. The minimum absolute atomic E-state index is 0.0216. The van der Waals surface area contributed by atoms with Crippen LogP contribution in [0.2, 0.25) is 0 Å². The Morgan fingerprint density at radius 1 is 1.09 bits per heavy atom. The van der Waals surface area contributed by atoms with Gasteiger partial charge in [0.05, 0.1) is 29.7 Å². The highest BCUT2D eigenvalue weighted by molar-refractivity contribution is 5.99. The largest absolute Gasteiger partial charge is 0.494 e. The molecule has 2 aliphatic rings. The summed E-state index contributed by atoms with van der Waals surface area (Å²) in [5, 5.41) is 0.132. The van der Waals surface area contributed by atoms with Gasteiger partial charge in [0.25, 0.3) is 5.91 Å². The second kappa shape index (κ2) is 10.2. The van der Waals surface area contributed by atoms with Gasteiger partial charge in [-0.3, -0.25) is 9.59 Å². The molecule has 0 radical (unpaired) electrons. The SMILES string of the molecule is CCCCCCOc1ccc(C2c3c(oc4ccc(F)cc4c3=O)C(=O)N2CC2CCCO2)cc1. The summed E-state index contributed by atoms with van der Waals surface area (Å²) in [6.07, 6.45) is 6.20. The molecule has 0 bridgehead atoms. The van der Waals surface area contributed by atoms with Crippen molar-refractivity contribution in [2.75, 3.05) is 19.8 Å². The zero-order chi connectivity index (χ0) is 24.4. The van der Waals surface area contributed by atoms with Gasteiger partial charge in [0.15, 0.2) is 5.43 Å². The molecule has 0 saturated carbocycles. The van der Waals surface area contributed by atoms with Crippen LogP contribution in [0.3, 0.4) is 0 Å². The first-order chi connectivity index (χ1) is 17.1. The maximum Gasteiger partial charge on any atom is 0.291 e. The van der Waals surface area contributed by atoms with Gasteiger partial charge in [0.2, 0.25) is 5.76 Å². The first kappa shape index (κ1) is 23.5. The molecule has 2 aliphatic heterocycles. The van der Waals surface area contributed by atoms with Crippen molar-refractivity contribution in [1.82, 2.24) is 4.90 Å². The van der Waals surface area contributed by atoms with E-state index in [9.17, 15) is 14.0 Å². The highest BCUT2D eigenvalue weighted by Gasteiger charge is 2.43. The molecule has 184 valence electrons. The van der Waals surface area contributed by atoms with Crippen LogP contribution in [0.1, 0.15) is 73.2 Å². The summed E-state index contributed by atoms with van der Waals surface area (Å²) >= 11 is 0. The quantitative estimate of drug-likeness (QED) is 0.373. The number of halogens is 1. The summed E-state index contributed by atoms with van der Waals surface area (Å²) in [6.45, 7) is 3.84. The predicted molar refractivity (Wildman–Crippen MR) is 130 cm³/mol. The Balaban J connectivity index is 1.49. The molecule has 1 amide bonds. The summed E-state index contributed by atoms with van der Waals surface area (Å²) in [5.74, 6) is -0.108. The molecule has 2 unspecified atom stereocenters. The molecule has 2 atom stereocenters. The molecule has 35 heavy (non-hydrogen) atoms. The van der Waals surface area contributed by atoms with E-state index in [1.807, 2.05) is 24.3 Å². The van der Waals surface area contributed by atoms with Gasteiger partial charge in [-0.1, -0.05) is 38.3 Å². The van der Waals surface area contributed by atoms with Gasteiger partial charge < -0.3 is 18.8 Å². The van der Waals surface area contributed by atoms with Crippen molar-refractivity contribution in [2.45, 2.75) is 57.6 Å². The lowest BCUT2D eigenvalue weighted by Gasteiger charge is -2.27. The Hall–Kier alpha value is -3.19. The number of carbonyl (C=O) groups is 1. The Labute approximate surface area is 203 Å². The van der Waals surface area contributed by atoms with E-state index in [1.54, 1.807) is 4.90 Å². The van der Waals surface area contributed by atoms with Crippen molar-refractivity contribution in [3.63, 3.8) is 0 Å². The van der Waals surface area contributed by atoms with E-state index >= 15 is 0 Å². The Bertz CT molecular complexity index is 1260. The predicted octanol–water partition coefficient (Wildman–Crippen LogP) is 5.62. The van der Waals surface area contributed by atoms with Crippen LogP contribution in [0.25, 0.3) is 11.0 Å². The highest BCUT2D eigenvalue weighted by Crippen LogP contribution is 2.39. The van der Waals surface area contributed by atoms with E-state index in [0.29, 0.717) is 19.8 Å². The molecule has 0 N–H and O–H groups in total. The highest BCUT2D eigenvalue weighted by atomic mass is 19.1. The minimum atomic E-state index is -0.635. The van der Waals surface area contributed by atoms with Crippen molar-refractivity contribution in [3.8, 4) is 5.75 Å². The third kappa shape index (κ3) is 4.69. The average molecular weight is 480 g/mol. The molecule has 3 heterocycles. The third-order valence-electron chi connectivity index (χ3n) is 6.81. The van der Waals surface area contributed by atoms with Crippen LogP contribution >= 0.6 is 0 Å². The lowest BCUT2D eigenvalue weighted by molar-refractivity contribution is 0.0486. The van der Waals surface area contributed by atoms with Gasteiger partial charge >= 0.3 is 0 Å². The van der Waals surface area contributed by atoms with Crippen LogP contribution in [0.15, 0.2) is 51.7 Å². The van der Waals surface area contributed by atoms with Crippen molar-refractivity contribution in [1.29, 1.82) is 0 Å². The summed E-state index contributed by atoms with van der Waals surface area (Å²) in [5.41, 5.74) is 0.842. The lowest BCUT2D eigenvalue weighted by Crippen LogP contribution is -2.36. The number of amides is 1. The summed E-state index contributed by atoms with van der Waals surface area (Å²) in [6, 6.07) is 10.6. The number of unbranched alkanes of at least 4 members (excludes halogenated alkanes) is 3. The second-order valence-electron chi connectivity index (χ2n) is 9.29. The topological polar surface area (TPSA) is 69.0 Å². The van der Waals surface area contributed by atoms with Gasteiger partial charge in [-0.15, -0.1) is 0 Å². The first-order valence-electron chi connectivity index (χ1n) is 12.5. The molecular weight excluding hydrogens is 449 g/mol. The number of rotatable bonds is 9. The van der Waals surface area contributed by atoms with Crippen molar-refractivity contribution >= 4 is 16.9 Å². The Morgan fingerprint density at radius 3 is 2.66 bits per heavy atom. The second-order valence-corrected chi connectivity index (χ2v) is 9.29. The van der Waals surface area contributed by atoms with Crippen LogP contribution in [0.4, 0.5) is 4.39 Å². The molecule has 0 aliphatic carbocycles. The number of hydrogen-bond donors (Lipinski definition) is 0. The first-order valence-corrected chi connectivity index (χ1v) is 12.5. The van der Waals surface area contributed by atoms with E-state index in [-0.39, 0.29) is 39.7 Å². The number of ether oxygens (including phenoxy) is 2. The molecule has 5 rings (SSSR count). The Kier molecular flexibility index (Phi) is 6.86. The number of fused-ring (bicyclic) bond motifs is 2. The zero-order valence-electron chi connectivity index (χ0n) is 19.9. The molecule has 6 nitrogen and oxygen atoms in total. The summed E-state index contributed by atoms with van der Waals surface area (Å²) in [4.78, 5) is 28.6. The minimum Gasteiger partial charge on any atom is -0.494 e. The van der Waals surface area contributed by atoms with Crippen molar-refractivity contribution in [2.24, 2.45) is 0 Å². The van der Waals surface area contributed by atoms with Crippen LogP contribution in [-0.2, 0) is 4.74 Å². The fraction of sp³-hybridized carbons (Fsp3) is 0.429. The molecule has 0 spiro atoms. The molecule has 7 heteroatoms. The van der Waals surface area contributed by atoms with Crippen molar-refractivity contribution in [3.05, 3.63) is 75.4 Å². The summed E-state index contributed by atoms with van der Waals surface area (Å²) < 4.78 is 31.5. The molecular formula is C28H30FNO5. The van der Waals surface area contributed by atoms with E-state index in [4.69, 9.17) is 13.9 Å². The normalized spacial score (nSPS) is 19.5. The van der Waals surface area contributed by atoms with E-state index in [0.717, 1.165) is 37.0 Å².